The van der Waals surface area contributed by atoms with Gasteiger partial charge in [0.25, 0.3) is 10.1 Å². The van der Waals surface area contributed by atoms with E-state index in [9.17, 15) is 32.4 Å². The fourth-order valence-electron chi connectivity index (χ4n) is 8.49. The number of carbonyl (C=O) groups excluding carboxylic acids is 5. The minimum absolute atomic E-state index is 0.0666. The fourth-order valence-corrected chi connectivity index (χ4v) is 8.97. The lowest BCUT2D eigenvalue weighted by Crippen LogP contribution is -2.49. The number of amides is 7. The van der Waals surface area contributed by atoms with Crippen molar-refractivity contribution in [1.82, 2.24) is 30.0 Å². The van der Waals surface area contributed by atoms with E-state index in [1.165, 1.54) is 12.1 Å². The van der Waals surface area contributed by atoms with Crippen molar-refractivity contribution in [2.24, 2.45) is 0 Å². The molecule has 7 amide bonds. The Morgan fingerprint density at radius 1 is 0.672 bits per heavy atom. The molecule has 9 rings (SSSR count). The van der Waals surface area contributed by atoms with Gasteiger partial charge in [0.15, 0.2) is 0 Å². The second-order valence-corrected chi connectivity index (χ2v) is 18.8. The number of piperidine rings is 2. The molecule has 0 atom stereocenters. The monoisotopic (exact) mass is 896 g/mol. The third-order valence-corrected chi connectivity index (χ3v) is 12.6. The number of benzene rings is 3. The largest absolute Gasteiger partial charge is 0.444 e. The number of carbonyl (C=O) groups is 5. The number of urea groups is 2. The zero-order valence-corrected chi connectivity index (χ0v) is 37.4. The van der Waals surface area contributed by atoms with Crippen LogP contribution in [0.5, 0.6) is 0 Å². The number of anilines is 2. The number of ether oxygens (including phenoxy) is 1. The zero-order chi connectivity index (χ0) is 45.8. The smallest absolute Gasteiger partial charge is 0.410 e. The van der Waals surface area contributed by atoms with Gasteiger partial charge in [-0.2, -0.15) is 8.42 Å². The number of hydrogen-bond acceptors (Lipinski definition) is 9. The van der Waals surface area contributed by atoms with Crippen LogP contribution in [0.15, 0.2) is 90.1 Å². The minimum atomic E-state index is -4.02. The Kier molecular flexibility index (Phi) is 13.8. The average molecular weight is 897 g/mol. The third kappa shape index (κ3) is 10.7. The summed E-state index contributed by atoms with van der Waals surface area (Å²) in [5, 5.41) is 10.2. The number of fused-ring (bicyclic) bond motifs is 2. The van der Waals surface area contributed by atoms with E-state index in [-0.39, 0.29) is 40.9 Å². The summed E-state index contributed by atoms with van der Waals surface area (Å²) in [5.74, 6) is -0.441. The van der Waals surface area contributed by atoms with E-state index in [1.807, 2.05) is 64.1 Å². The Hall–Kier alpha value is -6.24. The summed E-state index contributed by atoms with van der Waals surface area (Å²) < 4.78 is 39.6. The molecule has 0 aliphatic carbocycles. The van der Waals surface area contributed by atoms with E-state index < -0.39 is 15.7 Å². The van der Waals surface area contributed by atoms with Crippen molar-refractivity contribution in [3.63, 3.8) is 0 Å². The van der Waals surface area contributed by atoms with Crippen LogP contribution in [0.1, 0.15) is 76.9 Å². The summed E-state index contributed by atoms with van der Waals surface area (Å²) in [5.41, 5.74) is 4.35. The molecule has 5 aromatic rings. The quantitative estimate of drug-likeness (QED) is 0.134. The van der Waals surface area contributed by atoms with Crippen molar-refractivity contribution in [1.29, 1.82) is 0 Å². The van der Waals surface area contributed by atoms with Gasteiger partial charge in [-0.3, -0.25) is 34.6 Å². The Morgan fingerprint density at radius 2 is 1.14 bits per heavy atom. The van der Waals surface area contributed by atoms with E-state index in [0.29, 0.717) is 45.1 Å². The maximum absolute atomic E-state index is 12.3. The number of hydrogen-bond donors (Lipinski definition) is 4. The summed E-state index contributed by atoms with van der Waals surface area (Å²) in [4.78, 5) is 64.6. The Morgan fingerprint density at radius 3 is 1.58 bits per heavy atom. The molecule has 4 aliphatic rings. The van der Waals surface area contributed by atoms with Crippen molar-refractivity contribution < 1.29 is 41.7 Å². The summed E-state index contributed by atoms with van der Waals surface area (Å²) >= 11 is 0. The predicted octanol–water partition coefficient (Wildman–Crippen LogP) is 6.91. The molecule has 4 fully saturated rings. The number of rotatable bonds is 5. The molecule has 0 spiro atoms. The lowest BCUT2D eigenvalue weighted by molar-refractivity contribution is -0.121. The van der Waals surface area contributed by atoms with Gasteiger partial charge in [-0.25, -0.2) is 14.4 Å². The Balaban J connectivity index is 0.000000159. The van der Waals surface area contributed by atoms with E-state index in [2.05, 4.69) is 49.6 Å². The number of aromatic nitrogens is 2. The van der Waals surface area contributed by atoms with Crippen LogP contribution >= 0.6 is 0 Å². The van der Waals surface area contributed by atoms with Gasteiger partial charge < -0.3 is 24.1 Å². The summed E-state index contributed by atoms with van der Waals surface area (Å²) in [6.07, 6.45) is 8.47. The number of likely N-dealkylation sites (tertiary alicyclic amines) is 1. The van der Waals surface area contributed by atoms with Crippen LogP contribution in [0.4, 0.5) is 25.8 Å². The molecule has 0 saturated carbocycles. The molecule has 3 aromatic carbocycles. The van der Waals surface area contributed by atoms with Gasteiger partial charge in [0.05, 0.1) is 27.3 Å². The molecule has 340 valence electrons. The van der Waals surface area contributed by atoms with Gasteiger partial charge in [-0.1, -0.05) is 29.8 Å². The van der Waals surface area contributed by atoms with Gasteiger partial charge in [0, 0.05) is 74.3 Å². The fraction of sp³-hybridized carbons (Fsp3) is 0.413. The lowest BCUT2D eigenvalue weighted by Gasteiger charge is -2.34. The van der Waals surface area contributed by atoms with E-state index in [1.54, 1.807) is 26.8 Å². The number of nitrogens with one attached hydrogen (secondary N) is 3. The highest BCUT2D eigenvalue weighted by Crippen LogP contribution is 2.35. The van der Waals surface area contributed by atoms with Gasteiger partial charge >= 0.3 is 18.2 Å². The first-order valence-electron chi connectivity index (χ1n) is 21.6. The Bertz CT molecular complexity index is 2640. The van der Waals surface area contributed by atoms with Crippen molar-refractivity contribution in [2.45, 2.75) is 88.8 Å². The van der Waals surface area contributed by atoms with E-state index >= 15 is 0 Å². The van der Waals surface area contributed by atoms with Crippen LogP contribution in [0.25, 0.3) is 21.8 Å². The first-order chi connectivity index (χ1) is 30.5. The predicted molar refractivity (Wildman–Crippen MR) is 243 cm³/mol. The van der Waals surface area contributed by atoms with Crippen molar-refractivity contribution in [3.05, 3.63) is 90.8 Å². The van der Waals surface area contributed by atoms with Gasteiger partial charge in [-0.15, -0.1) is 0 Å². The van der Waals surface area contributed by atoms with Gasteiger partial charge in [-0.05, 0) is 115 Å². The highest BCUT2D eigenvalue weighted by Gasteiger charge is 2.30. The summed E-state index contributed by atoms with van der Waals surface area (Å²) in [7, 11) is -4.02. The number of aryl methyl sites for hydroxylation is 1. The van der Waals surface area contributed by atoms with E-state index in [4.69, 9.17) is 9.29 Å². The molecule has 64 heavy (non-hydrogen) atoms. The topological polar surface area (TPSA) is 205 Å². The second-order valence-electron chi connectivity index (χ2n) is 17.3. The number of imide groups is 2. The molecule has 4 N–H and O–H groups in total. The normalized spacial score (nSPS) is 17.9. The highest BCUT2D eigenvalue weighted by atomic mass is 32.2. The van der Waals surface area contributed by atoms with Crippen molar-refractivity contribution in [2.75, 3.05) is 49.1 Å². The lowest BCUT2D eigenvalue weighted by atomic mass is 10.0. The molecule has 6 heterocycles. The van der Waals surface area contributed by atoms with Gasteiger partial charge in [0.1, 0.15) is 5.60 Å². The maximum atomic E-state index is 12.3. The van der Waals surface area contributed by atoms with Crippen LogP contribution in [-0.4, -0.2) is 102 Å². The van der Waals surface area contributed by atoms with Crippen LogP contribution < -0.4 is 25.8 Å². The first-order valence-corrected chi connectivity index (χ1v) is 23.1. The van der Waals surface area contributed by atoms with Crippen LogP contribution in [0, 0.1) is 6.92 Å². The summed E-state index contributed by atoms with van der Waals surface area (Å²) in [6.45, 7) is 11.7. The standard InChI is InChI=1S/C22H28N4O4.C17H20N4O2.C7H8O3S/c1-22(2,3)30-21(29)24-11-7-15(8-12-24)25-13-9-16-17(25)5-4-6-18(16)26-14-10-19(27)23-20(26)28;22-16-7-11-21(17(23)19-16)15-3-1-2-14-13(15)6-10-20(14)12-4-8-18-9-5-12;1-6-2-4-7(5-3-6)11(8,9)10/h4-6,9,13,15H,7-8,10-12,14H2,1-3H3,(H,23,27,28);1-3,6,10,12,18H,4-5,7-9,11H2,(H,19,22,23);2-5H,1H3,(H,8,9,10). The molecule has 4 saturated heterocycles. The van der Waals surface area contributed by atoms with Crippen LogP contribution in [0.2, 0.25) is 0 Å². The molecule has 17 nitrogen and oxygen atoms in total. The van der Waals surface area contributed by atoms with Crippen LogP contribution in [-0.2, 0) is 24.4 Å². The minimum Gasteiger partial charge on any atom is -0.444 e. The Labute approximate surface area is 372 Å². The van der Waals surface area contributed by atoms with Crippen molar-refractivity contribution in [3.8, 4) is 0 Å². The van der Waals surface area contributed by atoms with Gasteiger partial charge in [0.2, 0.25) is 11.8 Å². The molecule has 4 aliphatic heterocycles. The second kappa shape index (κ2) is 19.2. The molecule has 0 radical (unpaired) electrons. The first kappa shape index (κ1) is 45.8. The molecular weight excluding hydrogens is 841 g/mol. The van der Waals surface area contributed by atoms with Crippen molar-refractivity contribution >= 4 is 73.3 Å². The third-order valence-electron chi connectivity index (χ3n) is 11.7. The molecule has 0 bridgehead atoms. The molecular formula is C46H56N8O9S. The molecule has 2 aromatic heterocycles. The number of nitrogens with zero attached hydrogens (tertiary/aromatic N) is 5. The average Bonchev–Trinajstić information content (AvgIpc) is 3.90. The summed E-state index contributed by atoms with van der Waals surface area (Å²) in [6, 6.07) is 22.1. The SMILES string of the molecule is CC(C)(C)OC(=O)N1CCC(n2ccc3c(N4CCC(=O)NC4=O)cccc32)CC1.Cc1ccc(S(=O)(=O)O)cc1.O=C1CCN(c2cccc3c2ccn3C2CCNCC2)C(=O)N1. The zero-order valence-electron chi connectivity index (χ0n) is 36.6. The highest BCUT2D eigenvalue weighted by molar-refractivity contribution is 7.85. The van der Waals surface area contributed by atoms with E-state index in [0.717, 1.165) is 77.5 Å². The molecule has 0 unspecified atom stereocenters. The van der Waals surface area contributed by atoms with Crippen LogP contribution in [0.3, 0.4) is 0 Å². The maximum Gasteiger partial charge on any atom is 0.410 e. The molecule has 18 heteroatoms.